The Morgan fingerprint density at radius 2 is 2.00 bits per heavy atom. The van der Waals surface area contributed by atoms with Crippen molar-refractivity contribution < 1.29 is 9.30 Å². The number of para-hydroxylation sites is 1. The maximum Gasteiger partial charge on any atom is 0.304 e. The molecule has 4 unspecified atom stereocenters. The van der Waals surface area contributed by atoms with Crippen molar-refractivity contribution in [2.75, 3.05) is 0 Å². The van der Waals surface area contributed by atoms with Crippen molar-refractivity contribution in [1.82, 2.24) is 9.78 Å². The zero-order chi connectivity index (χ0) is 15.8. The van der Waals surface area contributed by atoms with E-state index in [1.165, 1.54) is 12.8 Å². The Balaban J connectivity index is 1.62. The molecule has 120 valence electrons. The molecular weight excluding hydrogens is 286 g/mol. The highest BCUT2D eigenvalue weighted by molar-refractivity contribution is 5.29. The van der Waals surface area contributed by atoms with Crippen LogP contribution in [0.15, 0.2) is 36.7 Å². The number of benzene rings is 1. The standard InChI is InChI=1S/C19H24N3O/c1-18(2)14-9-10-19(18,3)17-16(14)21-12-22(20-15(21)11-23-17)13-7-5-4-6-8-13/h4-8,12,14,16-17H,9-11H2,1-3H3/q+1. The highest BCUT2D eigenvalue weighted by Crippen LogP contribution is 2.69. The number of aromatic nitrogens is 3. The normalized spacial score (nSPS) is 36.7. The van der Waals surface area contributed by atoms with Gasteiger partial charge in [0.1, 0.15) is 18.3 Å². The van der Waals surface area contributed by atoms with Gasteiger partial charge in [-0.15, -0.1) is 0 Å². The Kier molecular flexibility index (Phi) is 2.53. The average Bonchev–Trinajstić information content (AvgIpc) is 3.13. The van der Waals surface area contributed by atoms with Crippen LogP contribution in [0.1, 0.15) is 45.5 Å². The molecule has 0 spiro atoms. The molecule has 0 saturated heterocycles. The van der Waals surface area contributed by atoms with Crippen LogP contribution < -0.4 is 4.57 Å². The molecule has 3 aliphatic rings. The fourth-order valence-electron chi connectivity index (χ4n) is 5.49. The summed E-state index contributed by atoms with van der Waals surface area (Å²) in [5.74, 6) is 1.73. The van der Waals surface area contributed by atoms with Gasteiger partial charge in [0.2, 0.25) is 6.33 Å². The first kappa shape index (κ1) is 13.7. The number of rotatable bonds is 1. The monoisotopic (exact) mass is 310 g/mol. The van der Waals surface area contributed by atoms with Crippen molar-refractivity contribution in [1.29, 1.82) is 0 Å². The Morgan fingerprint density at radius 1 is 1.22 bits per heavy atom. The molecule has 1 aromatic carbocycles. The van der Waals surface area contributed by atoms with Crippen molar-refractivity contribution in [3.63, 3.8) is 0 Å². The number of ether oxygens (including phenoxy) is 1. The smallest absolute Gasteiger partial charge is 0.304 e. The van der Waals surface area contributed by atoms with Gasteiger partial charge in [-0.1, -0.05) is 43.7 Å². The maximum atomic E-state index is 6.35. The highest BCUT2D eigenvalue weighted by atomic mass is 16.5. The lowest BCUT2D eigenvalue weighted by molar-refractivity contribution is -0.756. The van der Waals surface area contributed by atoms with Crippen LogP contribution >= 0.6 is 0 Å². The second-order valence-electron chi connectivity index (χ2n) is 8.23. The van der Waals surface area contributed by atoms with E-state index in [2.05, 4.69) is 55.9 Å². The third-order valence-electron chi connectivity index (χ3n) is 7.21. The van der Waals surface area contributed by atoms with E-state index in [1.54, 1.807) is 0 Å². The van der Waals surface area contributed by atoms with Crippen LogP contribution in [-0.4, -0.2) is 15.9 Å². The van der Waals surface area contributed by atoms with E-state index in [0.29, 0.717) is 30.1 Å². The van der Waals surface area contributed by atoms with E-state index in [4.69, 9.17) is 9.84 Å². The summed E-state index contributed by atoms with van der Waals surface area (Å²) in [5.41, 5.74) is 1.72. The van der Waals surface area contributed by atoms with Crippen LogP contribution in [0, 0.1) is 16.7 Å². The zero-order valence-corrected chi connectivity index (χ0v) is 14.1. The summed E-state index contributed by atoms with van der Waals surface area (Å²) in [4.78, 5) is 0. The SMILES string of the molecule is CC1(C)C2CCC1(C)C1OCc3nn(-c4ccccc4)c[n+]3C21. The lowest BCUT2D eigenvalue weighted by Gasteiger charge is -2.40. The first-order valence-corrected chi connectivity index (χ1v) is 8.69. The molecule has 1 aromatic heterocycles. The molecule has 5 rings (SSSR count). The van der Waals surface area contributed by atoms with E-state index >= 15 is 0 Å². The Hall–Kier alpha value is -1.68. The third kappa shape index (κ3) is 1.55. The van der Waals surface area contributed by atoms with Gasteiger partial charge in [0.25, 0.3) is 0 Å². The summed E-state index contributed by atoms with van der Waals surface area (Å²) in [6, 6.07) is 10.8. The number of nitrogens with zero attached hydrogens (tertiary/aromatic N) is 3. The fourth-order valence-corrected chi connectivity index (χ4v) is 5.49. The second kappa shape index (κ2) is 4.23. The minimum absolute atomic E-state index is 0.280. The lowest BCUT2D eigenvalue weighted by Crippen LogP contribution is -2.56. The van der Waals surface area contributed by atoms with Crippen molar-refractivity contribution in [2.24, 2.45) is 16.7 Å². The van der Waals surface area contributed by atoms with Crippen LogP contribution in [0.5, 0.6) is 0 Å². The molecule has 4 nitrogen and oxygen atoms in total. The van der Waals surface area contributed by atoms with Gasteiger partial charge in [-0.05, 0) is 30.4 Å². The summed E-state index contributed by atoms with van der Waals surface area (Å²) in [6.07, 6.45) is 5.10. The van der Waals surface area contributed by atoms with E-state index in [1.807, 2.05) is 10.7 Å². The average molecular weight is 310 g/mol. The van der Waals surface area contributed by atoms with Crippen molar-refractivity contribution in [3.05, 3.63) is 42.5 Å². The first-order chi connectivity index (χ1) is 11.0. The Bertz CT molecular complexity index is 766. The fraction of sp³-hybridized carbons (Fsp3) is 0.579. The molecule has 2 fully saturated rings. The molecule has 1 aliphatic heterocycles. The quantitative estimate of drug-likeness (QED) is 0.758. The minimum atomic E-state index is 0.280. The van der Waals surface area contributed by atoms with Crippen LogP contribution in [0.2, 0.25) is 0 Å². The van der Waals surface area contributed by atoms with Crippen LogP contribution in [0.3, 0.4) is 0 Å². The van der Waals surface area contributed by atoms with Gasteiger partial charge >= 0.3 is 5.82 Å². The zero-order valence-electron chi connectivity index (χ0n) is 14.1. The predicted octanol–water partition coefficient (Wildman–Crippen LogP) is 3.06. The molecule has 0 radical (unpaired) electrons. The Labute approximate surface area is 137 Å². The maximum absolute atomic E-state index is 6.35. The molecule has 2 heterocycles. The molecule has 4 atom stereocenters. The molecule has 2 aliphatic carbocycles. The van der Waals surface area contributed by atoms with Crippen molar-refractivity contribution in [3.8, 4) is 5.69 Å². The van der Waals surface area contributed by atoms with Gasteiger partial charge < -0.3 is 4.74 Å². The van der Waals surface area contributed by atoms with Gasteiger partial charge in [-0.3, -0.25) is 0 Å². The number of fused-ring (bicyclic) bond motifs is 7. The van der Waals surface area contributed by atoms with Crippen LogP contribution in [-0.2, 0) is 11.3 Å². The molecule has 4 heteroatoms. The summed E-state index contributed by atoms with van der Waals surface area (Å²) in [6.45, 7) is 7.94. The number of hydrogen-bond acceptors (Lipinski definition) is 2. The molecule has 2 aromatic rings. The van der Waals surface area contributed by atoms with E-state index < -0.39 is 0 Å². The molecule has 0 N–H and O–H groups in total. The summed E-state index contributed by atoms with van der Waals surface area (Å²) < 4.78 is 10.8. The van der Waals surface area contributed by atoms with Crippen molar-refractivity contribution >= 4 is 0 Å². The summed E-state index contributed by atoms with van der Waals surface area (Å²) >= 11 is 0. The van der Waals surface area contributed by atoms with Gasteiger partial charge in [-0.25, -0.2) is 4.57 Å². The van der Waals surface area contributed by atoms with Crippen molar-refractivity contribution in [2.45, 2.75) is 52.4 Å². The lowest BCUT2D eigenvalue weighted by atomic mass is 9.70. The first-order valence-electron chi connectivity index (χ1n) is 8.69. The molecule has 2 bridgehead atoms. The van der Waals surface area contributed by atoms with Crippen LogP contribution in [0.25, 0.3) is 5.69 Å². The van der Waals surface area contributed by atoms with Gasteiger partial charge in [0, 0.05) is 16.4 Å². The third-order valence-corrected chi connectivity index (χ3v) is 7.21. The van der Waals surface area contributed by atoms with E-state index in [-0.39, 0.29) is 5.41 Å². The minimum Gasteiger partial charge on any atom is -0.363 e. The summed E-state index contributed by atoms with van der Waals surface area (Å²) in [7, 11) is 0. The van der Waals surface area contributed by atoms with E-state index in [9.17, 15) is 0 Å². The van der Waals surface area contributed by atoms with Gasteiger partial charge in [0.15, 0.2) is 0 Å². The van der Waals surface area contributed by atoms with Crippen LogP contribution in [0.4, 0.5) is 0 Å². The van der Waals surface area contributed by atoms with E-state index in [0.717, 1.165) is 11.5 Å². The number of hydrogen-bond donors (Lipinski definition) is 0. The molecular formula is C19H24N3O+. The molecule has 23 heavy (non-hydrogen) atoms. The van der Waals surface area contributed by atoms with Gasteiger partial charge in [-0.2, -0.15) is 0 Å². The highest BCUT2D eigenvalue weighted by Gasteiger charge is 2.69. The summed E-state index contributed by atoms with van der Waals surface area (Å²) in [5, 5.41) is 4.79. The van der Waals surface area contributed by atoms with Gasteiger partial charge in [0.05, 0.1) is 6.10 Å². The second-order valence-corrected chi connectivity index (χ2v) is 8.23. The largest absolute Gasteiger partial charge is 0.363 e. The Morgan fingerprint density at radius 3 is 2.78 bits per heavy atom. The molecule has 0 amide bonds. The molecule has 2 saturated carbocycles. The topological polar surface area (TPSA) is 30.9 Å². The predicted molar refractivity (Wildman–Crippen MR) is 86.0 cm³/mol.